The van der Waals surface area contributed by atoms with Crippen LogP contribution in [-0.4, -0.2) is 42.8 Å². The van der Waals surface area contributed by atoms with Crippen molar-refractivity contribution >= 4 is 38.8 Å². The Kier molecular flexibility index (Phi) is 4.97. The number of halogens is 1. The number of fused-ring (bicyclic) bond motifs is 1. The van der Waals surface area contributed by atoms with E-state index in [4.69, 9.17) is 14.9 Å². The van der Waals surface area contributed by atoms with Gasteiger partial charge in [0.15, 0.2) is 5.82 Å². The van der Waals surface area contributed by atoms with Crippen LogP contribution in [0.5, 0.6) is 0 Å². The molecule has 4 rings (SSSR count). The van der Waals surface area contributed by atoms with E-state index in [0.717, 1.165) is 10.0 Å². The molecule has 1 aromatic carbocycles. The van der Waals surface area contributed by atoms with Crippen LogP contribution in [0.3, 0.4) is 0 Å². The molecule has 0 bridgehead atoms. The van der Waals surface area contributed by atoms with E-state index >= 15 is 0 Å². The van der Waals surface area contributed by atoms with Gasteiger partial charge in [-0.15, -0.1) is 10.2 Å². The van der Waals surface area contributed by atoms with Crippen molar-refractivity contribution < 1.29 is 13.9 Å². The zero-order valence-electron chi connectivity index (χ0n) is 15.6. The summed E-state index contributed by atoms with van der Waals surface area (Å²) in [5, 5.41) is 12.8. The number of nitrogens with two attached hydrogens (primary N) is 1. The van der Waals surface area contributed by atoms with Crippen molar-refractivity contribution in [1.82, 2.24) is 30.2 Å². The lowest BCUT2D eigenvalue weighted by atomic mass is 10.2. The lowest BCUT2D eigenvalue weighted by molar-refractivity contribution is 0.0526. The second kappa shape index (κ2) is 7.59. The van der Waals surface area contributed by atoms with E-state index in [1.165, 1.54) is 4.80 Å². The van der Waals surface area contributed by atoms with Crippen molar-refractivity contribution in [2.24, 2.45) is 0 Å². The Hall–Kier alpha value is -3.34. The second-order valence-electron chi connectivity index (χ2n) is 6.11. The molecular formula is C18H16BrN7O3. The highest BCUT2D eigenvalue weighted by atomic mass is 79.9. The lowest BCUT2D eigenvalue weighted by Crippen LogP contribution is -2.10. The van der Waals surface area contributed by atoms with E-state index < -0.39 is 5.97 Å². The molecule has 0 fully saturated rings. The Bertz CT molecular complexity index is 1200. The minimum absolute atomic E-state index is 0.123. The van der Waals surface area contributed by atoms with Gasteiger partial charge in [-0.05, 0) is 43.3 Å². The first-order valence-corrected chi connectivity index (χ1v) is 9.52. The van der Waals surface area contributed by atoms with Crippen LogP contribution in [0.15, 0.2) is 33.2 Å². The predicted molar refractivity (Wildman–Crippen MR) is 107 cm³/mol. The predicted octanol–water partition coefficient (Wildman–Crippen LogP) is 2.75. The minimum atomic E-state index is -0.524. The maximum absolute atomic E-state index is 12.2. The zero-order valence-corrected chi connectivity index (χ0v) is 17.2. The highest BCUT2D eigenvalue weighted by Gasteiger charge is 2.24. The monoisotopic (exact) mass is 457 g/mol. The van der Waals surface area contributed by atoms with Gasteiger partial charge in [-0.1, -0.05) is 15.9 Å². The summed E-state index contributed by atoms with van der Waals surface area (Å²) in [5.74, 6) is 0.777. The van der Waals surface area contributed by atoms with Crippen LogP contribution in [0.2, 0.25) is 0 Å². The summed E-state index contributed by atoms with van der Waals surface area (Å²) >= 11 is 3.39. The van der Waals surface area contributed by atoms with Crippen molar-refractivity contribution in [2.75, 3.05) is 12.3 Å². The van der Waals surface area contributed by atoms with Gasteiger partial charge in [0.2, 0.25) is 11.5 Å². The molecule has 4 aromatic rings. The molecular weight excluding hydrogens is 442 g/mol. The van der Waals surface area contributed by atoms with E-state index in [-0.39, 0.29) is 30.2 Å². The SMILES string of the molecule is CCOC(=O)c1c(C)oc2nc(Cn3nnc(-c4ccc(Br)cc4)n3)nc(N)c12. The Morgan fingerprint density at radius 2 is 2.03 bits per heavy atom. The Morgan fingerprint density at radius 1 is 1.28 bits per heavy atom. The van der Waals surface area contributed by atoms with Gasteiger partial charge in [0.1, 0.15) is 23.7 Å². The molecule has 0 unspecified atom stereocenters. The van der Waals surface area contributed by atoms with Gasteiger partial charge in [-0.3, -0.25) is 0 Å². The summed E-state index contributed by atoms with van der Waals surface area (Å²) < 4.78 is 11.6. The number of rotatable bonds is 5. The molecule has 11 heteroatoms. The minimum Gasteiger partial charge on any atom is -0.462 e. The summed E-state index contributed by atoms with van der Waals surface area (Å²) in [6, 6.07) is 7.56. The van der Waals surface area contributed by atoms with E-state index in [1.807, 2.05) is 24.3 Å². The number of aromatic nitrogens is 6. The quantitative estimate of drug-likeness (QED) is 0.448. The van der Waals surface area contributed by atoms with Crippen LogP contribution in [0.25, 0.3) is 22.5 Å². The highest BCUT2D eigenvalue weighted by molar-refractivity contribution is 9.10. The number of nitrogens with zero attached hydrogens (tertiary/aromatic N) is 6. The van der Waals surface area contributed by atoms with Gasteiger partial charge in [0.05, 0.1) is 12.0 Å². The summed E-state index contributed by atoms with van der Waals surface area (Å²) in [7, 11) is 0. The average molecular weight is 458 g/mol. The molecule has 0 saturated carbocycles. The Morgan fingerprint density at radius 3 is 2.76 bits per heavy atom. The van der Waals surface area contributed by atoms with Crippen LogP contribution in [0.4, 0.5) is 5.82 Å². The molecule has 29 heavy (non-hydrogen) atoms. The van der Waals surface area contributed by atoms with Gasteiger partial charge in [0, 0.05) is 10.0 Å². The third-order valence-electron chi connectivity index (χ3n) is 4.12. The summed E-state index contributed by atoms with van der Waals surface area (Å²) in [5.41, 5.74) is 7.36. The normalized spacial score (nSPS) is 11.1. The molecule has 0 spiro atoms. The third kappa shape index (κ3) is 3.68. The Balaban J connectivity index is 1.64. The van der Waals surface area contributed by atoms with Crippen LogP contribution in [-0.2, 0) is 11.3 Å². The fraction of sp³-hybridized carbons (Fsp3) is 0.222. The number of carbonyl (C=O) groups is 1. The number of aryl methyl sites for hydroxylation is 1. The molecule has 0 saturated heterocycles. The maximum Gasteiger partial charge on any atom is 0.342 e. The molecule has 0 aliphatic heterocycles. The number of carbonyl (C=O) groups excluding carboxylic acids is 1. The average Bonchev–Trinajstić information content (AvgIpc) is 3.26. The van der Waals surface area contributed by atoms with Gasteiger partial charge in [-0.2, -0.15) is 9.78 Å². The van der Waals surface area contributed by atoms with E-state index in [2.05, 4.69) is 41.3 Å². The topological polar surface area (TPSA) is 135 Å². The first-order chi connectivity index (χ1) is 14.0. The number of furan rings is 1. The molecule has 0 radical (unpaired) electrons. The smallest absolute Gasteiger partial charge is 0.342 e. The zero-order chi connectivity index (χ0) is 20.5. The summed E-state index contributed by atoms with van der Waals surface area (Å²) in [6.07, 6.45) is 0. The molecule has 0 aliphatic carbocycles. The van der Waals surface area contributed by atoms with Crippen molar-refractivity contribution in [3.8, 4) is 11.4 Å². The number of ether oxygens (including phenoxy) is 1. The van der Waals surface area contributed by atoms with Crippen LogP contribution in [0, 0.1) is 6.92 Å². The number of hydrogen-bond acceptors (Lipinski definition) is 9. The first kappa shape index (κ1) is 19.0. The van der Waals surface area contributed by atoms with E-state index in [1.54, 1.807) is 13.8 Å². The number of nitrogen functional groups attached to an aromatic ring is 1. The molecule has 148 valence electrons. The van der Waals surface area contributed by atoms with Crippen molar-refractivity contribution in [2.45, 2.75) is 20.4 Å². The summed E-state index contributed by atoms with van der Waals surface area (Å²) in [4.78, 5) is 22.2. The number of esters is 1. The Labute approximate surface area is 173 Å². The van der Waals surface area contributed by atoms with Gasteiger partial charge in [-0.25, -0.2) is 9.78 Å². The molecule has 2 N–H and O–H groups in total. The van der Waals surface area contributed by atoms with Gasteiger partial charge >= 0.3 is 5.97 Å². The third-order valence-corrected chi connectivity index (χ3v) is 4.65. The molecule has 0 aliphatic rings. The molecule has 0 amide bonds. The standard InChI is InChI=1S/C18H16BrN7O3/c1-3-28-18(27)13-9(2)29-17-14(13)15(20)21-12(22-17)8-26-24-16(23-25-26)10-4-6-11(19)7-5-10/h4-7H,3,8H2,1-2H3,(H2,20,21,22). The van der Waals surface area contributed by atoms with E-state index in [0.29, 0.717) is 22.8 Å². The van der Waals surface area contributed by atoms with Crippen LogP contribution in [0.1, 0.15) is 28.9 Å². The number of hydrogen-bond donors (Lipinski definition) is 1. The highest BCUT2D eigenvalue weighted by Crippen LogP contribution is 2.29. The largest absolute Gasteiger partial charge is 0.462 e. The number of benzene rings is 1. The molecule has 3 aromatic heterocycles. The number of anilines is 1. The van der Waals surface area contributed by atoms with Crippen molar-refractivity contribution in [1.29, 1.82) is 0 Å². The summed E-state index contributed by atoms with van der Waals surface area (Å²) in [6.45, 7) is 3.75. The van der Waals surface area contributed by atoms with E-state index in [9.17, 15) is 4.79 Å². The fourth-order valence-electron chi connectivity index (χ4n) is 2.85. The van der Waals surface area contributed by atoms with Gasteiger partial charge in [0.25, 0.3) is 0 Å². The van der Waals surface area contributed by atoms with Crippen molar-refractivity contribution in [3.05, 3.63) is 45.9 Å². The van der Waals surface area contributed by atoms with Crippen molar-refractivity contribution in [3.63, 3.8) is 0 Å². The second-order valence-corrected chi connectivity index (χ2v) is 7.02. The number of tetrazole rings is 1. The molecule has 10 nitrogen and oxygen atoms in total. The molecule has 0 atom stereocenters. The van der Waals surface area contributed by atoms with Crippen LogP contribution >= 0.6 is 15.9 Å². The van der Waals surface area contributed by atoms with Crippen LogP contribution < -0.4 is 5.73 Å². The van der Waals surface area contributed by atoms with Gasteiger partial charge < -0.3 is 14.9 Å². The maximum atomic E-state index is 12.2. The molecule has 3 heterocycles. The lowest BCUT2D eigenvalue weighted by Gasteiger charge is -2.03. The first-order valence-electron chi connectivity index (χ1n) is 8.72. The fourth-order valence-corrected chi connectivity index (χ4v) is 3.12.